The molecule has 0 aromatic heterocycles. The summed E-state index contributed by atoms with van der Waals surface area (Å²) in [4.78, 5) is 29.9. The van der Waals surface area contributed by atoms with Gasteiger partial charge in [-0.25, -0.2) is 0 Å². The van der Waals surface area contributed by atoms with E-state index >= 15 is 0 Å². The van der Waals surface area contributed by atoms with E-state index in [2.05, 4.69) is 17.1 Å². The predicted molar refractivity (Wildman–Crippen MR) is 111 cm³/mol. The zero-order valence-corrected chi connectivity index (χ0v) is 16.9. The van der Waals surface area contributed by atoms with Crippen LogP contribution < -0.4 is 19.7 Å². The summed E-state index contributed by atoms with van der Waals surface area (Å²) < 4.78 is 10.6. The molecule has 1 saturated heterocycles. The third-order valence-electron chi connectivity index (χ3n) is 5.64. The van der Waals surface area contributed by atoms with Gasteiger partial charge in [-0.2, -0.15) is 0 Å². The highest BCUT2D eigenvalue weighted by molar-refractivity contribution is 6.08. The van der Waals surface area contributed by atoms with Crippen LogP contribution in [0.1, 0.15) is 40.5 Å². The van der Waals surface area contributed by atoms with E-state index in [1.54, 1.807) is 44.6 Å². The number of ether oxygens (including phenoxy) is 2. The second-order valence-electron chi connectivity index (χ2n) is 7.16. The molecule has 1 fully saturated rings. The van der Waals surface area contributed by atoms with Gasteiger partial charge >= 0.3 is 0 Å². The van der Waals surface area contributed by atoms with Crippen LogP contribution in [0.2, 0.25) is 0 Å². The summed E-state index contributed by atoms with van der Waals surface area (Å²) in [7, 11) is 3.12. The number of carbonyl (C=O) groups excluding carboxylic acids is 2. The first kappa shape index (κ1) is 19.1. The highest BCUT2D eigenvalue weighted by atomic mass is 16.5. The van der Waals surface area contributed by atoms with Gasteiger partial charge in [0.05, 0.1) is 31.2 Å². The molecule has 2 aromatic rings. The fourth-order valence-electron chi connectivity index (χ4n) is 4.19. The number of hydrogen-bond acceptors (Lipinski definition) is 5. The number of amides is 2. The molecular weight excluding hydrogens is 370 g/mol. The molecular formula is C22H25N3O4. The molecule has 2 aromatic carbocycles. The van der Waals surface area contributed by atoms with Crippen molar-refractivity contribution in [3.63, 3.8) is 0 Å². The van der Waals surface area contributed by atoms with Crippen LogP contribution in [0, 0.1) is 0 Å². The van der Waals surface area contributed by atoms with Crippen molar-refractivity contribution in [3.8, 4) is 11.5 Å². The molecule has 152 valence electrons. The number of fused-ring (bicyclic) bond motifs is 2. The summed E-state index contributed by atoms with van der Waals surface area (Å²) in [6.07, 6.45) is 2.05. The van der Waals surface area contributed by atoms with E-state index in [9.17, 15) is 9.59 Å². The molecule has 1 unspecified atom stereocenters. The molecule has 2 aliphatic rings. The molecule has 2 aliphatic heterocycles. The predicted octanol–water partition coefficient (Wildman–Crippen LogP) is 3.36. The lowest BCUT2D eigenvalue weighted by molar-refractivity contribution is 0.0715. The Kier molecular flexibility index (Phi) is 5.05. The fourth-order valence-corrected chi connectivity index (χ4v) is 4.19. The SMILES string of the molecule is CCN1c2cc(C(=O)Nc3ccc(OC)cc3OC)ccc2C(=O)N2CCCC21. The second kappa shape index (κ2) is 7.66. The van der Waals surface area contributed by atoms with Crippen LogP contribution in [0.5, 0.6) is 11.5 Å². The van der Waals surface area contributed by atoms with Gasteiger partial charge in [0.15, 0.2) is 0 Å². The van der Waals surface area contributed by atoms with Crippen molar-refractivity contribution in [2.45, 2.75) is 25.9 Å². The zero-order chi connectivity index (χ0) is 20.5. The van der Waals surface area contributed by atoms with Crippen molar-refractivity contribution in [1.29, 1.82) is 0 Å². The molecule has 4 rings (SSSR count). The summed E-state index contributed by atoms with van der Waals surface area (Å²) in [5, 5.41) is 2.89. The number of carbonyl (C=O) groups is 2. The first-order chi connectivity index (χ1) is 14.1. The van der Waals surface area contributed by atoms with Gasteiger partial charge in [0.2, 0.25) is 0 Å². The minimum absolute atomic E-state index is 0.0518. The van der Waals surface area contributed by atoms with E-state index in [0.717, 1.165) is 31.6 Å². The van der Waals surface area contributed by atoms with Crippen molar-refractivity contribution in [2.75, 3.05) is 37.5 Å². The minimum atomic E-state index is -0.256. The number of hydrogen-bond donors (Lipinski definition) is 1. The average molecular weight is 395 g/mol. The molecule has 0 spiro atoms. The van der Waals surface area contributed by atoms with E-state index in [4.69, 9.17) is 9.47 Å². The van der Waals surface area contributed by atoms with E-state index in [-0.39, 0.29) is 18.0 Å². The Morgan fingerprint density at radius 3 is 2.72 bits per heavy atom. The largest absolute Gasteiger partial charge is 0.497 e. The third-order valence-corrected chi connectivity index (χ3v) is 5.64. The molecule has 0 saturated carbocycles. The number of rotatable bonds is 5. The number of benzene rings is 2. The van der Waals surface area contributed by atoms with Crippen molar-refractivity contribution in [3.05, 3.63) is 47.5 Å². The summed E-state index contributed by atoms with van der Waals surface area (Å²) in [6.45, 7) is 3.64. The Bertz CT molecular complexity index is 959. The van der Waals surface area contributed by atoms with Gasteiger partial charge in [-0.3, -0.25) is 9.59 Å². The Balaban J connectivity index is 1.64. The van der Waals surface area contributed by atoms with Gasteiger partial charge in [-0.05, 0) is 50.1 Å². The van der Waals surface area contributed by atoms with Crippen molar-refractivity contribution < 1.29 is 19.1 Å². The molecule has 1 N–H and O–H groups in total. The zero-order valence-electron chi connectivity index (χ0n) is 16.9. The van der Waals surface area contributed by atoms with E-state index in [0.29, 0.717) is 28.3 Å². The smallest absolute Gasteiger partial charge is 0.257 e. The maximum absolute atomic E-state index is 12.9. The monoisotopic (exact) mass is 395 g/mol. The summed E-state index contributed by atoms with van der Waals surface area (Å²) in [5.74, 6) is 0.957. The van der Waals surface area contributed by atoms with Crippen molar-refractivity contribution in [1.82, 2.24) is 4.90 Å². The maximum Gasteiger partial charge on any atom is 0.257 e. The van der Waals surface area contributed by atoms with Crippen LogP contribution in [0.15, 0.2) is 36.4 Å². The Labute approximate surface area is 170 Å². The average Bonchev–Trinajstić information content (AvgIpc) is 3.24. The second-order valence-corrected chi connectivity index (χ2v) is 7.16. The van der Waals surface area contributed by atoms with Gasteiger partial charge in [0.25, 0.3) is 11.8 Å². The number of nitrogens with one attached hydrogen (secondary N) is 1. The Hall–Kier alpha value is -3.22. The topological polar surface area (TPSA) is 71.1 Å². The molecule has 0 bridgehead atoms. The molecule has 0 aliphatic carbocycles. The molecule has 7 heteroatoms. The minimum Gasteiger partial charge on any atom is -0.497 e. The quantitative estimate of drug-likeness (QED) is 0.841. The van der Waals surface area contributed by atoms with E-state index in [1.807, 2.05) is 11.0 Å². The van der Waals surface area contributed by atoms with Crippen LogP contribution in [0.3, 0.4) is 0 Å². The van der Waals surface area contributed by atoms with E-state index in [1.165, 1.54) is 0 Å². The number of methoxy groups -OCH3 is 2. The fraction of sp³-hybridized carbons (Fsp3) is 0.364. The molecule has 1 atom stereocenters. The lowest BCUT2D eigenvalue weighted by Gasteiger charge is -2.41. The molecule has 2 heterocycles. The summed E-state index contributed by atoms with van der Waals surface area (Å²) in [6, 6.07) is 10.5. The lowest BCUT2D eigenvalue weighted by atomic mass is 10.0. The molecule has 7 nitrogen and oxygen atoms in total. The normalized spacial score (nSPS) is 17.6. The first-order valence-corrected chi connectivity index (χ1v) is 9.82. The highest BCUT2D eigenvalue weighted by Crippen LogP contribution is 2.36. The Morgan fingerprint density at radius 1 is 1.17 bits per heavy atom. The van der Waals surface area contributed by atoms with Crippen molar-refractivity contribution >= 4 is 23.2 Å². The van der Waals surface area contributed by atoms with Gasteiger partial charge in [0, 0.05) is 24.7 Å². The van der Waals surface area contributed by atoms with Gasteiger partial charge in [-0.1, -0.05) is 0 Å². The lowest BCUT2D eigenvalue weighted by Crippen LogP contribution is -2.52. The van der Waals surface area contributed by atoms with Crippen LogP contribution >= 0.6 is 0 Å². The highest BCUT2D eigenvalue weighted by Gasteiger charge is 2.39. The molecule has 29 heavy (non-hydrogen) atoms. The number of nitrogens with zero attached hydrogens (tertiary/aromatic N) is 2. The van der Waals surface area contributed by atoms with Crippen LogP contribution in [0.4, 0.5) is 11.4 Å². The van der Waals surface area contributed by atoms with Gasteiger partial charge in [-0.15, -0.1) is 0 Å². The molecule has 0 radical (unpaired) electrons. The molecule has 2 amide bonds. The van der Waals surface area contributed by atoms with Crippen LogP contribution in [-0.2, 0) is 0 Å². The van der Waals surface area contributed by atoms with Crippen LogP contribution in [0.25, 0.3) is 0 Å². The number of anilines is 2. The Morgan fingerprint density at radius 2 is 2.00 bits per heavy atom. The summed E-state index contributed by atoms with van der Waals surface area (Å²) in [5.41, 5.74) is 2.54. The standard InChI is InChI=1S/C22H25N3O4/c1-4-24-18-12-14(7-9-16(18)22(27)25-11-5-6-20(24)25)21(26)23-17-10-8-15(28-2)13-19(17)29-3/h7-10,12-13,20H,4-6,11H2,1-3H3,(H,23,26). The summed E-state index contributed by atoms with van der Waals surface area (Å²) >= 11 is 0. The van der Waals surface area contributed by atoms with Gasteiger partial charge < -0.3 is 24.6 Å². The van der Waals surface area contributed by atoms with Crippen LogP contribution in [-0.4, -0.2) is 50.2 Å². The van der Waals surface area contributed by atoms with Gasteiger partial charge in [0.1, 0.15) is 17.7 Å². The third kappa shape index (κ3) is 3.26. The first-order valence-electron chi connectivity index (χ1n) is 9.82. The van der Waals surface area contributed by atoms with Crippen molar-refractivity contribution in [2.24, 2.45) is 0 Å². The maximum atomic E-state index is 12.9. The van der Waals surface area contributed by atoms with E-state index < -0.39 is 0 Å².